The molecule has 0 unspecified atom stereocenters. The van der Waals surface area contributed by atoms with Gasteiger partial charge in [0.1, 0.15) is 11.6 Å². The number of amides is 1. The molecule has 1 amide bonds. The van der Waals surface area contributed by atoms with Crippen molar-refractivity contribution >= 4 is 34.9 Å². The molecule has 7 nitrogen and oxygen atoms in total. The molecule has 3 heterocycles. The minimum absolute atomic E-state index is 0.0996. The molecule has 26 heavy (non-hydrogen) atoms. The lowest BCUT2D eigenvalue weighted by Crippen LogP contribution is -2.51. The van der Waals surface area contributed by atoms with E-state index in [4.69, 9.17) is 27.7 Å². The topological polar surface area (TPSA) is 65.7 Å². The molecule has 2 aromatic rings. The van der Waals surface area contributed by atoms with Gasteiger partial charge in [0.2, 0.25) is 5.91 Å². The number of hydrogen-bond donors (Lipinski definition) is 0. The van der Waals surface area contributed by atoms with E-state index in [-0.39, 0.29) is 5.91 Å². The van der Waals surface area contributed by atoms with Gasteiger partial charge in [-0.1, -0.05) is 28.4 Å². The Morgan fingerprint density at radius 1 is 1.27 bits per heavy atom. The fraction of sp³-hybridized carbons (Fsp3) is 0.471. The van der Waals surface area contributed by atoms with Crippen molar-refractivity contribution in [1.82, 2.24) is 19.9 Å². The Bertz CT molecular complexity index is 774. The maximum atomic E-state index is 12.5. The Kier molecular flexibility index (Phi) is 6.01. The van der Waals surface area contributed by atoms with E-state index in [0.717, 1.165) is 11.5 Å². The number of carbonyl (C=O) groups is 1. The van der Waals surface area contributed by atoms with Crippen LogP contribution in [-0.4, -0.2) is 65.6 Å². The first kappa shape index (κ1) is 18.9. The molecule has 0 atom stereocenters. The Hall–Kier alpha value is -1.83. The molecule has 140 valence electrons. The second kappa shape index (κ2) is 8.24. The van der Waals surface area contributed by atoms with Gasteiger partial charge in [-0.2, -0.15) is 0 Å². The fourth-order valence-corrected chi connectivity index (χ4v) is 3.46. The summed E-state index contributed by atoms with van der Waals surface area (Å²) in [6, 6.07) is 3.56. The summed E-state index contributed by atoms with van der Waals surface area (Å²) in [5.74, 6) is 1.58. The van der Waals surface area contributed by atoms with Gasteiger partial charge in [0.25, 0.3) is 0 Å². The van der Waals surface area contributed by atoms with Crippen molar-refractivity contribution in [3.8, 4) is 0 Å². The highest BCUT2D eigenvalue weighted by atomic mass is 35.5. The van der Waals surface area contributed by atoms with Crippen molar-refractivity contribution < 1.29 is 9.32 Å². The van der Waals surface area contributed by atoms with Crippen LogP contribution in [0.1, 0.15) is 11.5 Å². The summed E-state index contributed by atoms with van der Waals surface area (Å²) in [6.45, 7) is 5.41. The normalized spacial score (nSPS) is 15.0. The average molecular weight is 398 g/mol. The second-order valence-electron chi connectivity index (χ2n) is 6.43. The van der Waals surface area contributed by atoms with Crippen molar-refractivity contribution in [1.29, 1.82) is 0 Å². The number of carbonyl (C=O) groups excluding carboxylic acids is 1. The van der Waals surface area contributed by atoms with E-state index in [1.165, 1.54) is 0 Å². The summed E-state index contributed by atoms with van der Waals surface area (Å²) in [5, 5.41) is 5.00. The van der Waals surface area contributed by atoms with Crippen LogP contribution in [0.2, 0.25) is 10.0 Å². The molecule has 0 aliphatic carbocycles. The summed E-state index contributed by atoms with van der Waals surface area (Å²) in [6.07, 6.45) is 1.58. The zero-order valence-electron chi connectivity index (χ0n) is 14.8. The van der Waals surface area contributed by atoms with Crippen LogP contribution in [0.15, 0.2) is 22.9 Å². The summed E-state index contributed by atoms with van der Waals surface area (Å²) in [7, 11) is 1.90. The number of halogens is 2. The highest BCUT2D eigenvalue weighted by Gasteiger charge is 2.24. The summed E-state index contributed by atoms with van der Waals surface area (Å²) < 4.78 is 5.06. The molecule has 0 aromatic carbocycles. The Balaban J connectivity index is 1.50. The Morgan fingerprint density at radius 2 is 2.00 bits per heavy atom. The number of anilines is 1. The van der Waals surface area contributed by atoms with E-state index in [1.807, 2.05) is 29.8 Å². The molecule has 1 aliphatic heterocycles. The third kappa shape index (κ3) is 4.66. The van der Waals surface area contributed by atoms with Gasteiger partial charge in [-0.25, -0.2) is 4.98 Å². The molecule has 0 spiro atoms. The minimum Gasteiger partial charge on any atom is -0.361 e. The van der Waals surface area contributed by atoms with Gasteiger partial charge in [-0.05, 0) is 20.0 Å². The predicted molar refractivity (Wildman–Crippen MR) is 101 cm³/mol. The second-order valence-corrected chi connectivity index (χ2v) is 7.27. The predicted octanol–water partition coefficient (Wildman–Crippen LogP) is 2.47. The molecule has 1 aliphatic rings. The van der Waals surface area contributed by atoms with E-state index in [0.29, 0.717) is 55.1 Å². The van der Waals surface area contributed by atoms with Crippen LogP contribution in [0.25, 0.3) is 0 Å². The summed E-state index contributed by atoms with van der Waals surface area (Å²) in [5.41, 5.74) is 0.825. The number of hydrogen-bond acceptors (Lipinski definition) is 6. The first-order valence-electron chi connectivity index (χ1n) is 8.37. The van der Waals surface area contributed by atoms with Crippen LogP contribution in [0.5, 0.6) is 0 Å². The smallest absolute Gasteiger partial charge is 0.236 e. The van der Waals surface area contributed by atoms with E-state index in [2.05, 4.69) is 15.0 Å². The third-order valence-corrected chi connectivity index (χ3v) is 4.72. The van der Waals surface area contributed by atoms with Crippen LogP contribution in [0.4, 0.5) is 5.82 Å². The summed E-state index contributed by atoms with van der Waals surface area (Å²) in [4.78, 5) is 22.7. The zero-order chi connectivity index (χ0) is 18.7. The monoisotopic (exact) mass is 397 g/mol. The van der Waals surface area contributed by atoms with Crippen LogP contribution in [-0.2, 0) is 11.3 Å². The van der Waals surface area contributed by atoms with Gasteiger partial charge in [-0.15, -0.1) is 0 Å². The first-order valence-corrected chi connectivity index (χ1v) is 9.12. The van der Waals surface area contributed by atoms with Crippen molar-refractivity contribution in [2.45, 2.75) is 13.5 Å². The molecule has 1 fully saturated rings. The molecule has 2 aromatic heterocycles. The number of pyridine rings is 1. The van der Waals surface area contributed by atoms with Gasteiger partial charge < -0.3 is 14.3 Å². The van der Waals surface area contributed by atoms with E-state index < -0.39 is 0 Å². The SMILES string of the molecule is Cc1cc(CN(C)CC(=O)N2CCN(c3ncc(Cl)cc3Cl)CC2)no1. The van der Waals surface area contributed by atoms with Gasteiger partial charge in [0, 0.05) is 45.0 Å². The van der Waals surface area contributed by atoms with Crippen LogP contribution >= 0.6 is 23.2 Å². The molecular weight excluding hydrogens is 377 g/mol. The van der Waals surface area contributed by atoms with Gasteiger partial charge >= 0.3 is 0 Å². The van der Waals surface area contributed by atoms with Crippen molar-refractivity contribution in [2.24, 2.45) is 0 Å². The third-order valence-electron chi connectivity index (χ3n) is 4.23. The Labute approximate surface area is 162 Å². The van der Waals surface area contributed by atoms with Crippen LogP contribution < -0.4 is 4.90 Å². The van der Waals surface area contributed by atoms with Crippen molar-refractivity contribution in [2.75, 3.05) is 44.7 Å². The lowest BCUT2D eigenvalue weighted by atomic mass is 10.3. The van der Waals surface area contributed by atoms with Crippen molar-refractivity contribution in [3.63, 3.8) is 0 Å². The number of likely N-dealkylation sites (N-methyl/N-ethyl adjacent to an activating group) is 1. The molecule has 0 N–H and O–H groups in total. The standard InChI is InChI=1S/C17H21Cl2N5O2/c1-12-7-14(21-26-12)10-22(2)11-16(25)23-3-5-24(6-4-23)17-15(19)8-13(18)9-20-17/h7-9H,3-6,10-11H2,1-2H3. The number of piperazine rings is 1. The molecule has 0 radical (unpaired) electrons. The molecule has 0 bridgehead atoms. The maximum absolute atomic E-state index is 12.5. The number of aryl methyl sites for hydroxylation is 1. The largest absolute Gasteiger partial charge is 0.361 e. The highest BCUT2D eigenvalue weighted by molar-refractivity contribution is 6.36. The summed E-state index contributed by atoms with van der Waals surface area (Å²) >= 11 is 12.1. The van der Waals surface area contributed by atoms with Gasteiger partial charge in [-0.3, -0.25) is 9.69 Å². The lowest BCUT2D eigenvalue weighted by Gasteiger charge is -2.36. The number of rotatable bonds is 5. The van der Waals surface area contributed by atoms with Crippen LogP contribution in [0, 0.1) is 6.92 Å². The van der Waals surface area contributed by atoms with Gasteiger partial charge in [0.15, 0.2) is 0 Å². The maximum Gasteiger partial charge on any atom is 0.236 e. The zero-order valence-corrected chi connectivity index (χ0v) is 16.3. The van der Waals surface area contributed by atoms with E-state index >= 15 is 0 Å². The lowest BCUT2D eigenvalue weighted by molar-refractivity contribution is -0.132. The highest BCUT2D eigenvalue weighted by Crippen LogP contribution is 2.26. The van der Waals surface area contributed by atoms with Crippen LogP contribution in [0.3, 0.4) is 0 Å². The quantitative estimate of drug-likeness (QED) is 0.771. The fourth-order valence-electron chi connectivity index (χ4n) is 2.96. The van der Waals surface area contributed by atoms with E-state index in [9.17, 15) is 4.79 Å². The molecule has 3 rings (SSSR count). The average Bonchev–Trinajstić information content (AvgIpc) is 2.99. The van der Waals surface area contributed by atoms with E-state index in [1.54, 1.807) is 12.3 Å². The number of nitrogens with zero attached hydrogens (tertiary/aromatic N) is 5. The molecule has 9 heteroatoms. The molecular formula is C17H21Cl2N5O2. The first-order chi connectivity index (χ1) is 12.4. The minimum atomic E-state index is 0.0996. The molecule has 1 saturated heterocycles. The van der Waals surface area contributed by atoms with Gasteiger partial charge in [0.05, 0.1) is 22.3 Å². The Morgan fingerprint density at radius 3 is 2.62 bits per heavy atom. The number of aromatic nitrogens is 2. The molecule has 0 saturated carbocycles. The van der Waals surface area contributed by atoms with Crippen molar-refractivity contribution in [3.05, 3.63) is 39.8 Å².